The molecule has 0 amide bonds. The summed E-state index contributed by atoms with van der Waals surface area (Å²) in [5.41, 5.74) is 11.1. The van der Waals surface area contributed by atoms with Gasteiger partial charge in [0.1, 0.15) is 48.5 Å². The first kappa shape index (κ1) is 35.3. The van der Waals surface area contributed by atoms with Gasteiger partial charge in [-0.25, -0.2) is 14.1 Å². The molecule has 1 aliphatic carbocycles. The highest BCUT2D eigenvalue weighted by molar-refractivity contribution is 7.52. The predicted octanol–water partition coefficient (Wildman–Crippen LogP) is 3.85. The van der Waals surface area contributed by atoms with Crippen LogP contribution >= 0.6 is 7.75 Å². The van der Waals surface area contributed by atoms with Gasteiger partial charge in [-0.3, -0.25) is 14.1 Å². The van der Waals surface area contributed by atoms with Gasteiger partial charge in [0.25, 0.3) is 0 Å². The number of hydrogen-bond acceptors (Lipinski definition) is 13. The molecule has 1 unspecified atom stereocenters. The lowest BCUT2D eigenvalue weighted by atomic mass is 9.87. The van der Waals surface area contributed by atoms with E-state index in [1.807, 2.05) is 0 Å². The average molecular weight is 684 g/mol. The van der Waals surface area contributed by atoms with Crippen molar-refractivity contribution >= 4 is 31.0 Å². The maximum atomic E-state index is 14.3. The van der Waals surface area contributed by atoms with E-state index in [-0.39, 0.29) is 36.6 Å². The van der Waals surface area contributed by atoms with E-state index in [0.717, 1.165) is 25.7 Å². The van der Waals surface area contributed by atoms with E-state index in [0.29, 0.717) is 11.2 Å². The second-order valence-corrected chi connectivity index (χ2v) is 14.3. The molecule has 2 aliphatic rings. The van der Waals surface area contributed by atoms with E-state index in [9.17, 15) is 19.4 Å². The highest BCUT2D eigenvalue weighted by Crippen LogP contribution is 2.49. The molecular formula is C32H42N7O8P. The Morgan fingerprint density at radius 1 is 1.15 bits per heavy atom. The number of rotatable bonds is 13. The molecule has 1 aliphatic heterocycles. The molecule has 1 saturated heterocycles. The number of ether oxygens (including phenoxy) is 3. The topological polar surface area (TPSA) is 215 Å². The molecule has 3 heterocycles. The molecule has 5 atom stereocenters. The SMILES string of the molecule is CC(C)C(=O)O[C@H]1C[C@H](c2ccc3c(N)ncnn23)O[C@]1(C#N)COP(=O)(N[C@@H](C)C(=O)OC[C@H]1CC[C@H](N)CC1)Oc1ccccc1. The molecule has 16 heteroatoms. The number of carbonyl (C=O) groups is 2. The number of carbonyl (C=O) groups excluding carboxylic acids is 2. The lowest BCUT2D eigenvalue weighted by molar-refractivity contribution is -0.161. The maximum absolute atomic E-state index is 14.3. The van der Waals surface area contributed by atoms with Gasteiger partial charge in [-0.05, 0) is 62.8 Å². The molecular weight excluding hydrogens is 641 g/mol. The van der Waals surface area contributed by atoms with E-state index >= 15 is 0 Å². The quantitative estimate of drug-likeness (QED) is 0.172. The minimum Gasteiger partial charge on any atom is -0.464 e. The third-order valence-corrected chi connectivity index (χ3v) is 10.2. The monoisotopic (exact) mass is 683 g/mol. The lowest BCUT2D eigenvalue weighted by Crippen LogP contribution is -2.46. The van der Waals surface area contributed by atoms with Crippen LogP contribution in [0.4, 0.5) is 5.82 Å². The van der Waals surface area contributed by atoms with Crippen molar-refractivity contribution in [3.8, 4) is 11.8 Å². The Kier molecular flexibility index (Phi) is 11.0. The summed E-state index contributed by atoms with van der Waals surface area (Å²) in [6.45, 7) is 4.36. The second-order valence-electron chi connectivity index (χ2n) is 12.6. The van der Waals surface area contributed by atoms with Crippen molar-refractivity contribution in [1.82, 2.24) is 19.7 Å². The molecule has 5 N–H and O–H groups in total. The van der Waals surface area contributed by atoms with Crippen molar-refractivity contribution in [2.24, 2.45) is 17.6 Å². The molecule has 3 aromatic rings. The minimum atomic E-state index is -4.41. The van der Waals surface area contributed by atoms with Crippen molar-refractivity contribution in [2.45, 2.75) is 82.8 Å². The summed E-state index contributed by atoms with van der Waals surface area (Å²) in [4.78, 5) is 29.8. The Morgan fingerprint density at radius 3 is 2.56 bits per heavy atom. The first-order valence-electron chi connectivity index (χ1n) is 16.0. The molecule has 0 spiro atoms. The summed E-state index contributed by atoms with van der Waals surface area (Å²) < 4.78 is 45.2. The number of benzene rings is 1. The van der Waals surface area contributed by atoms with Crippen LogP contribution in [0.15, 0.2) is 48.8 Å². The number of hydrogen-bond donors (Lipinski definition) is 3. The summed E-state index contributed by atoms with van der Waals surface area (Å²) in [6.07, 6.45) is 2.84. The second kappa shape index (κ2) is 15.0. The summed E-state index contributed by atoms with van der Waals surface area (Å²) in [5.74, 6) is -1.10. The zero-order valence-electron chi connectivity index (χ0n) is 27.2. The number of nitrogens with one attached hydrogen (secondary N) is 1. The van der Waals surface area contributed by atoms with Crippen molar-refractivity contribution in [1.29, 1.82) is 5.26 Å². The molecule has 2 aromatic heterocycles. The Morgan fingerprint density at radius 2 is 1.88 bits per heavy atom. The summed E-state index contributed by atoms with van der Waals surface area (Å²) in [7, 11) is -4.41. The van der Waals surface area contributed by atoms with E-state index in [2.05, 4.69) is 21.2 Å². The highest BCUT2D eigenvalue weighted by atomic mass is 31.2. The van der Waals surface area contributed by atoms with Crippen LogP contribution in [-0.2, 0) is 32.9 Å². The average Bonchev–Trinajstić information content (AvgIpc) is 3.66. The number of nitrogens with two attached hydrogens (primary N) is 2. The molecule has 48 heavy (non-hydrogen) atoms. The van der Waals surface area contributed by atoms with Gasteiger partial charge < -0.3 is 30.2 Å². The van der Waals surface area contributed by atoms with Gasteiger partial charge in [-0.2, -0.15) is 15.4 Å². The van der Waals surface area contributed by atoms with Crippen LogP contribution in [0, 0.1) is 23.2 Å². The van der Waals surface area contributed by atoms with E-state index in [4.69, 9.17) is 34.7 Å². The van der Waals surface area contributed by atoms with Crippen LogP contribution in [-0.4, -0.2) is 63.5 Å². The molecule has 15 nitrogen and oxygen atoms in total. The van der Waals surface area contributed by atoms with E-state index < -0.39 is 56.1 Å². The molecule has 1 aromatic carbocycles. The van der Waals surface area contributed by atoms with Gasteiger partial charge in [0.05, 0.1) is 18.2 Å². The van der Waals surface area contributed by atoms with E-state index in [1.165, 1.54) is 17.8 Å². The number of anilines is 1. The fourth-order valence-electron chi connectivity index (χ4n) is 5.70. The number of nitriles is 1. The normalized spacial score (nSPS) is 26.0. The molecule has 5 rings (SSSR count). The van der Waals surface area contributed by atoms with Crippen molar-refractivity contribution in [2.75, 3.05) is 18.9 Å². The minimum absolute atomic E-state index is 0.0530. The van der Waals surface area contributed by atoms with Crippen LogP contribution < -0.4 is 21.1 Å². The van der Waals surface area contributed by atoms with Crippen LogP contribution in [0.25, 0.3) is 5.52 Å². The highest BCUT2D eigenvalue weighted by Gasteiger charge is 2.55. The number of para-hydroxylation sites is 1. The number of fused-ring (bicyclic) bond motifs is 1. The Balaban J connectivity index is 1.37. The van der Waals surface area contributed by atoms with E-state index in [1.54, 1.807) is 56.3 Å². The van der Waals surface area contributed by atoms with Gasteiger partial charge in [0.2, 0.25) is 5.60 Å². The lowest BCUT2D eigenvalue weighted by Gasteiger charge is -2.30. The van der Waals surface area contributed by atoms with Gasteiger partial charge in [-0.15, -0.1) is 0 Å². The number of esters is 2. The molecule has 0 radical (unpaired) electrons. The number of nitrogens with zero attached hydrogens (tertiary/aromatic N) is 4. The van der Waals surface area contributed by atoms with Crippen LogP contribution in [0.5, 0.6) is 5.75 Å². The largest absolute Gasteiger partial charge is 0.464 e. The smallest absolute Gasteiger partial charge is 0.459 e. The Labute approximate surface area is 278 Å². The van der Waals surface area contributed by atoms with Gasteiger partial charge in [-0.1, -0.05) is 32.0 Å². The summed E-state index contributed by atoms with van der Waals surface area (Å²) in [5, 5.41) is 17.5. The van der Waals surface area contributed by atoms with Gasteiger partial charge in [0, 0.05) is 12.5 Å². The van der Waals surface area contributed by atoms with Crippen molar-refractivity contribution < 1.29 is 37.4 Å². The molecule has 2 fully saturated rings. The third kappa shape index (κ3) is 8.14. The van der Waals surface area contributed by atoms with Crippen molar-refractivity contribution in [3.05, 3.63) is 54.5 Å². The maximum Gasteiger partial charge on any atom is 0.459 e. The zero-order chi connectivity index (χ0) is 34.5. The first-order valence-corrected chi connectivity index (χ1v) is 17.5. The standard InChI is InChI=1S/C32H42N7O8P/c1-20(2)30(40)45-28-15-27(25-13-14-26-29(35)36-19-37-39(25)26)46-32(28,17-33)18-44-48(42,47-24-7-5-4-6-8-24)38-21(3)31(41)43-16-22-9-11-23(34)12-10-22/h4-8,13-14,19-23,27-28H,9-12,15-16,18,34H2,1-3H3,(H,38,42)(H2,35,36,37)/t21-,22-,23-,27+,28-,32+,48?/m0/s1. The van der Waals surface area contributed by atoms with Crippen molar-refractivity contribution in [3.63, 3.8) is 0 Å². The first-order chi connectivity index (χ1) is 22.9. The third-order valence-electron chi connectivity index (χ3n) is 8.54. The Hall–Kier alpha value is -4.06. The predicted molar refractivity (Wildman–Crippen MR) is 173 cm³/mol. The summed E-state index contributed by atoms with van der Waals surface area (Å²) >= 11 is 0. The van der Waals surface area contributed by atoms with Crippen LogP contribution in [0.1, 0.15) is 64.7 Å². The molecule has 0 bridgehead atoms. The number of nitrogen functional groups attached to an aromatic ring is 1. The molecule has 258 valence electrons. The van der Waals surface area contributed by atoms with Crippen LogP contribution in [0.3, 0.4) is 0 Å². The van der Waals surface area contributed by atoms with Crippen LogP contribution in [0.2, 0.25) is 0 Å². The fourth-order valence-corrected chi connectivity index (χ4v) is 7.22. The fraction of sp³-hybridized carbons (Fsp3) is 0.531. The summed E-state index contributed by atoms with van der Waals surface area (Å²) in [6, 6.07) is 12.8. The van der Waals surface area contributed by atoms with Gasteiger partial charge >= 0.3 is 19.7 Å². The Bertz CT molecular complexity index is 1670. The zero-order valence-corrected chi connectivity index (χ0v) is 28.1. The number of aromatic nitrogens is 3. The van der Waals surface area contributed by atoms with Gasteiger partial charge in [0.15, 0.2) is 5.82 Å². The molecule has 1 saturated carbocycles.